The molecule has 2 atom stereocenters. The Bertz CT molecular complexity index is 481. The lowest BCUT2D eigenvalue weighted by Gasteiger charge is -2.28. The average molecular weight is 283 g/mol. The van der Waals surface area contributed by atoms with Crippen molar-refractivity contribution < 1.29 is 13.6 Å². The molecule has 1 aromatic carbocycles. The highest BCUT2D eigenvalue weighted by atomic mass is 19.1. The van der Waals surface area contributed by atoms with E-state index in [9.17, 15) is 13.6 Å². The van der Waals surface area contributed by atoms with Crippen molar-refractivity contribution in [3.05, 3.63) is 29.8 Å². The van der Waals surface area contributed by atoms with Crippen molar-refractivity contribution in [1.82, 2.24) is 10.6 Å². The van der Waals surface area contributed by atoms with Crippen LogP contribution in [-0.4, -0.2) is 24.7 Å². The van der Waals surface area contributed by atoms with E-state index in [0.29, 0.717) is 12.6 Å². The van der Waals surface area contributed by atoms with E-state index in [2.05, 4.69) is 22.9 Å². The monoisotopic (exact) mass is 283 g/mol. The van der Waals surface area contributed by atoms with Crippen molar-refractivity contribution in [2.75, 3.05) is 11.9 Å². The minimum Gasteiger partial charge on any atom is -0.336 e. The molecule has 0 radical (unpaired) electrons. The van der Waals surface area contributed by atoms with Gasteiger partial charge in [0.25, 0.3) is 0 Å². The first-order valence-electron chi connectivity index (χ1n) is 6.80. The van der Waals surface area contributed by atoms with Crippen LogP contribution in [0.25, 0.3) is 0 Å². The summed E-state index contributed by atoms with van der Waals surface area (Å²) in [7, 11) is 0. The second kappa shape index (κ2) is 6.65. The standard InChI is InChI=1S/C14H19F2N3O/c1-9-3-2-4-11(18-9)8-17-14(20)19-13-6-5-10(15)7-12(13)16/h5-7,9,11,18H,2-4,8H2,1H3,(H2,17,19,20). The molecule has 2 rings (SSSR count). The lowest BCUT2D eigenvalue weighted by atomic mass is 10.00. The Morgan fingerprint density at radius 1 is 1.40 bits per heavy atom. The summed E-state index contributed by atoms with van der Waals surface area (Å²) in [6, 6.07) is 3.24. The van der Waals surface area contributed by atoms with Gasteiger partial charge < -0.3 is 16.0 Å². The number of rotatable bonds is 3. The first-order chi connectivity index (χ1) is 9.54. The molecule has 1 fully saturated rings. The van der Waals surface area contributed by atoms with Gasteiger partial charge in [0.15, 0.2) is 0 Å². The van der Waals surface area contributed by atoms with Crippen LogP contribution in [0.15, 0.2) is 18.2 Å². The summed E-state index contributed by atoms with van der Waals surface area (Å²) in [4.78, 5) is 11.7. The Hall–Kier alpha value is -1.69. The molecule has 0 aromatic heterocycles. The summed E-state index contributed by atoms with van der Waals surface area (Å²) >= 11 is 0. The van der Waals surface area contributed by atoms with Crippen LogP contribution in [0.1, 0.15) is 26.2 Å². The summed E-state index contributed by atoms with van der Waals surface area (Å²) in [6.07, 6.45) is 3.29. The summed E-state index contributed by atoms with van der Waals surface area (Å²) in [5.41, 5.74) is -0.0335. The maximum absolute atomic E-state index is 13.4. The van der Waals surface area contributed by atoms with Crippen LogP contribution in [0.3, 0.4) is 0 Å². The molecule has 0 spiro atoms. The molecule has 20 heavy (non-hydrogen) atoms. The van der Waals surface area contributed by atoms with Gasteiger partial charge in [0.05, 0.1) is 5.69 Å². The van der Waals surface area contributed by atoms with Crippen LogP contribution in [0.2, 0.25) is 0 Å². The van der Waals surface area contributed by atoms with Gasteiger partial charge in [-0.3, -0.25) is 0 Å². The average Bonchev–Trinajstić information content (AvgIpc) is 2.40. The van der Waals surface area contributed by atoms with Crippen LogP contribution in [0.4, 0.5) is 19.3 Å². The fourth-order valence-electron chi connectivity index (χ4n) is 2.37. The first-order valence-corrected chi connectivity index (χ1v) is 6.80. The predicted octanol–water partition coefficient (Wildman–Crippen LogP) is 2.62. The fourth-order valence-corrected chi connectivity index (χ4v) is 2.37. The fraction of sp³-hybridized carbons (Fsp3) is 0.500. The molecule has 4 nitrogen and oxygen atoms in total. The lowest BCUT2D eigenvalue weighted by Crippen LogP contribution is -2.48. The maximum Gasteiger partial charge on any atom is 0.319 e. The van der Waals surface area contributed by atoms with Crippen LogP contribution < -0.4 is 16.0 Å². The van der Waals surface area contributed by atoms with Gasteiger partial charge in [0.1, 0.15) is 11.6 Å². The van der Waals surface area contributed by atoms with E-state index in [4.69, 9.17) is 0 Å². The molecule has 6 heteroatoms. The van der Waals surface area contributed by atoms with Crippen LogP contribution in [-0.2, 0) is 0 Å². The van der Waals surface area contributed by atoms with Crippen molar-refractivity contribution in [3.8, 4) is 0 Å². The molecule has 3 N–H and O–H groups in total. The van der Waals surface area contributed by atoms with Gasteiger partial charge in [0.2, 0.25) is 0 Å². The number of urea groups is 1. The van der Waals surface area contributed by atoms with Gasteiger partial charge in [0, 0.05) is 24.7 Å². The topological polar surface area (TPSA) is 53.2 Å². The van der Waals surface area contributed by atoms with Gasteiger partial charge in [-0.2, -0.15) is 0 Å². The number of piperidine rings is 1. The van der Waals surface area contributed by atoms with E-state index in [1.54, 1.807) is 0 Å². The van der Waals surface area contributed by atoms with E-state index >= 15 is 0 Å². The van der Waals surface area contributed by atoms with E-state index in [-0.39, 0.29) is 11.7 Å². The second-order valence-electron chi connectivity index (χ2n) is 5.15. The SMILES string of the molecule is CC1CCCC(CNC(=O)Nc2ccc(F)cc2F)N1. The van der Waals surface area contributed by atoms with Crippen molar-refractivity contribution >= 4 is 11.7 Å². The molecule has 0 bridgehead atoms. The molecule has 1 aliphatic rings. The van der Waals surface area contributed by atoms with Crippen molar-refractivity contribution in [1.29, 1.82) is 0 Å². The predicted molar refractivity (Wildman–Crippen MR) is 73.6 cm³/mol. The minimum atomic E-state index is -0.787. The quantitative estimate of drug-likeness (QED) is 0.798. The third-order valence-electron chi connectivity index (χ3n) is 3.40. The number of nitrogens with one attached hydrogen (secondary N) is 3. The number of anilines is 1. The maximum atomic E-state index is 13.4. The summed E-state index contributed by atoms with van der Waals surface area (Å²) in [5.74, 6) is -1.46. The van der Waals surface area contributed by atoms with Crippen molar-refractivity contribution in [3.63, 3.8) is 0 Å². The van der Waals surface area contributed by atoms with E-state index in [0.717, 1.165) is 31.4 Å². The second-order valence-corrected chi connectivity index (χ2v) is 5.15. The molecule has 110 valence electrons. The van der Waals surface area contributed by atoms with Crippen molar-refractivity contribution in [2.24, 2.45) is 0 Å². The van der Waals surface area contributed by atoms with Crippen LogP contribution >= 0.6 is 0 Å². The number of carbonyl (C=O) groups excluding carboxylic acids is 1. The molecule has 0 aliphatic carbocycles. The first kappa shape index (κ1) is 14.7. The highest BCUT2D eigenvalue weighted by molar-refractivity contribution is 5.89. The molecular weight excluding hydrogens is 264 g/mol. The Labute approximate surface area is 116 Å². The van der Waals surface area contributed by atoms with E-state index < -0.39 is 17.7 Å². The number of hydrogen-bond donors (Lipinski definition) is 3. The summed E-state index contributed by atoms with van der Waals surface area (Å²) in [5, 5.41) is 8.45. The lowest BCUT2D eigenvalue weighted by molar-refractivity contribution is 0.247. The molecule has 0 saturated carbocycles. The van der Waals surface area contributed by atoms with Gasteiger partial charge in [-0.25, -0.2) is 13.6 Å². The largest absolute Gasteiger partial charge is 0.336 e. The number of hydrogen-bond acceptors (Lipinski definition) is 2. The normalized spacial score (nSPS) is 22.4. The third-order valence-corrected chi connectivity index (χ3v) is 3.40. The molecule has 1 aliphatic heterocycles. The highest BCUT2D eigenvalue weighted by Gasteiger charge is 2.18. The van der Waals surface area contributed by atoms with E-state index in [1.165, 1.54) is 6.07 Å². The zero-order valence-electron chi connectivity index (χ0n) is 11.4. The number of amides is 2. The summed E-state index contributed by atoms with van der Waals surface area (Å²) in [6.45, 7) is 2.60. The molecular formula is C14H19F2N3O. The van der Waals surface area contributed by atoms with E-state index in [1.807, 2.05) is 0 Å². The molecule has 1 heterocycles. The third kappa shape index (κ3) is 4.16. The van der Waals surface area contributed by atoms with Crippen LogP contribution in [0.5, 0.6) is 0 Å². The zero-order chi connectivity index (χ0) is 14.5. The smallest absolute Gasteiger partial charge is 0.319 e. The zero-order valence-corrected chi connectivity index (χ0v) is 11.4. The Morgan fingerprint density at radius 3 is 2.90 bits per heavy atom. The van der Waals surface area contributed by atoms with Gasteiger partial charge in [-0.1, -0.05) is 6.42 Å². The number of halogens is 2. The van der Waals surface area contributed by atoms with Gasteiger partial charge >= 0.3 is 6.03 Å². The van der Waals surface area contributed by atoms with Gasteiger partial charge in [-0.15, -0.1) is 0 Å². The Balaban J connectivity index is 1.80. The van der Waals surface area contributed by atoms with Crippen molar-refractivity contribution in [2.45, 2.75) is 38.3 Å². The Kier molecular flexibility index (Phi) is 4.89. The minimum absolute atomic E-state index is 0.0335. The van der Waals surface area contributed by atoms with Crippen LogP contribution in [0, 0.1) is 11.6 Å². The number of benzene rings is 1. The summed E-state index contributed by atoms with van der Waals surface area (Å²) < 4.78 is 26.1. The highest BCUT2D eigenvalue weighted by Crippen LogP contribution is 2.15. The molecule has 2 amide bonds. The Morgan fingerprint density at radius 2 is 2.20 bits per heavy atom. The molecule has 1 saturated heterocycles. The number of carbonyl (C=O) groups is 1. The molecule has 2 unspecified atom stereocenters. The van der Waals surface area contributed by atoms with Gasteiger partial charge in [-0.05, 0) is 31.9 Å². The molecule has 1 aromatic rings.